The number of benzene rings is 2. The van der Waals surface area contributed by atoms with Gasteiger partial charge in [0.1, 0.15) is 6.54 Å². The molecule has 30 heavy (non-hydrogen) atoms. The fourth-order valence-corrected chi connectivity index (χ4v) is 4.23. The van der Waals surface area contributed by atoms with Crippen LogP contribution in [0.25, 0.3) is 0 Å². The second-order valence-electron chi connectivity index (χ2n) is 7.53. The molecule has 2 unspecified atom stereocenters. The number of esters is 1. The maximum Gasteiger partial charge on any atom is 0.325 e. The first kappa shape index (κ1) is 22.5. The molecule has 0 spiro atoms. The van der Waals surface area contributed by atoms with Gasteiger partial charge in [-0.05, 0) is 29.7 Å². The predicted octanol–water partition coefficient (Wildman–Crippen LogP) is 2.80. The quantitative estimate of drug-likeness (QED) is 0.595. The summed E-state index contributed by atoms with van der Waals surface area (Å²) in [5.41, 5.74) is 1.82. The third kappa shape index (κ3) is 6.14. The van der Waals surface area contributed by atoms with Crippen molar-refractivity contribution in [2.45, 2.75) is 25.0 Å². The lowest BCUT2D eigenvalue weighted by atomic mass is 10.0. The van der Waals surface area contributed by atoms with Crippen molar-refractivity contribution in [3.63, 3.8) is 0 Å². The molecule has 1 aliphatic heterocycles. The van der Waals surface area contributed by atoms with Gasteiger partial charge in [-0.1, -0.05) is 58.4 Å². The third-order valence-electron chi connectivity index (χ3n) is 5.33. The Hall–Kier alpha value is -2.22. The fourth-order valence-electron chi connectivity index (χ4n) is 3.78. The van der Waals surface area contributed by atoms with Crippen molar-refractivity contribution in [2.24, 2.45) is 0 Å². The van der Waals surface area contributed by atoms with Gasteiger partial charge in [0.25, 0.3) is 0 Å². The average Bonchev–Trinajstić information content (AvgIpc) is 3.15. The lowest BCUT2D eigenvalue weighted by Gasteiger charge is -2.34. The summed E-state index contributed by atoms with van der Waals surface area (Å²) in [7, 11) is 1.33. The number of halogens is 1. The SMILES string of the molecule is COC(=O)CN(C(=O)Cc1cccc(Br)c1)C(CN1CCC(O)C1)c1ccccc1. The van der Waals surface area contributed by atoms with Crippen molar-refractivity contribution in [1.82, 2.24) is 9.80 Å². The molecule has 2 atom stereocenters. The summed E-state index contributed by atoms with van der Waals surface area (Å²) in [6.45, 7) is 1.74. The first-order chi connectivity index (χ1) is 14.5. The minimum absolute atomic E-state index is 0.126. The first-order valence-corrected chi connectivity index (χ1v) is 10.8. The highest BCUT2D eigenvalue weighted by Crippen LogP contribution is 2.25. The Morgan fingerprint density at radius 3 is 2.63 bits per heavy atom. The molecule has 7 heteroatoms. The van der Waals surface area contributed by atoms with Crippen LogP contribution in [0.15, 0.2) is 59.1 Å². The first-order valence-electron chi connectivity index (χ1n) is 10.0. The maximum atomic E-state index is 13.4. The average molecular weight is 475 g/mol. The normalized spacial score (nSPS) is 17.5. The number of hydrogen-bond donors (Lipinski definition) is 1. The van der Waals surface area contributed by atoms with Crippen LogP contribution in [0, 0.1) is 0 Å². The Labute approximate surface area is 185 Å². The van der Waals surface area contributed by atoms with Crippen LogP contribution in [0.3, 0.4) is 0 Å². The number of carbonyl (C=O) groups is 2. The van der Waals surface area contributed by atoms with E-state index in [0.29, 0.717) is 19.5 Å². The van der Waals surface area contributed by atoms with Crippen LogP contribution in [-0.4, -0.2) is 66.2 Å². The molecule has 160 valence electrons. The van der Waals surface area contributed by atoms with Gasteiger partial charge in [0.05, 0.1) is 25.7 Å². The van der Waals surface area contributed by atoms with E-state index in [1.54, 1.807) is 4.90 Å². The monoisotopic (exact) mass is 474 g/mol. The molecule has 2 aromatic carbocycles. The van der Waals surface area contributed by atoms with E-state index in [1.807, 2.05) is 54.6 Å². The molecule has 0 aliphatic carbocycles. The molecule has 2 aromatic rings. The van der Waals surface area contributed by atoms with Crippen LogP contribution in [0.4, 0.5) is 0 Å². The van der Waals surface area contributed by atoms with Crippen molar-refractivity contribution >= 4 is 27.8 Å². The molecule has 6 nitrogen and oxygen atoms in total. The van der Waals surface area contributed by atoms with E-state index in [-0.39, 0.29) is 31.0 Å². The van der Waals surface area contributed by atoms with Crippen LogP contribution in [0.1, 0.15) is 23.6 Å². The van der Waals surface area contributed by atoms with Crippen LogP contribution in [0.2, 0.25) is 0 Å². The van der Waals surface area contributed by atoms with E-state index < -0.39 is 5.97 Å². The Morgan fingerprint density at radius 1 is 1.23 bits per heavy atom. The number of methoxy groups -OCH3 is 1. The van der Waals surface area contributed by atoms with Gasteiger partial charge in [0.2, 0.25) is 5.91 Å². The maximum absolute atomic E-state index is 13.4. The molecular weight excluding hydrogens is 448 g/mol. The molecule has 1 saturated heterocycles. The Bertz CT molecular complexity index is 861. The zero-order valence-corrected chi connectivity index (χ0v) is 18.6. The van der Waals surface area contributed by atoms with Crippen molar-refractivity contribution in [2.75, 3.05) is 33.3 Å². The molecule has 1 amide bonds. The summed E-state index contributed by atoms with van der Waals surface area (Å²) in [5.74, 6) is -0.605. The molecule has 0 aromatic heterocycles. The Kier molecular flexibility index (Phi) is 8.01. The Morgan fingerprint density at radius 2 is 2.00 bits per heavy atom. The minimum Gasteiger partial charge on any atom is -0.468 e. The minimum atomic E-state index is -0.458. The highest BCUT2D eigenvalue weighted by Gasteiger charge is 2.31. The summed E-state index contributed by atoms with van der Waals surface area (Å²) in [4.78, 5) is 29.3. The molecule has 0 saturated carbocycles. The van der Waals surface area contributed by atoms with Crippen LogP contribution in [-0.2, 0) is 20.7 Å². The number of β-amino-alcohol motifs (C(OH)–C–C–N with tert-alkyl or cyclic N) is 1. The van der Waals surface area contributed by atoms with Gasteiger partial charge < -0.3 is 14.7 Å². The molecule has 3 rings (SSSR count). The van der Waals surface area contributed by atoms with E-state index in [9.17, 15) is 14.7 Å². The van der Waals surface area contributed by atoms with Gasteiger partial charge in [-0.3, -0.25) is 14.5 Å². The summed E-state index contributed by atoms with van der Waals surface area (Å²) in [5, 5.41) is 9.93. The zero-order chi connectivity index (χ0) is 21.5. The molecule has 1 heterocycles. The van der Waals surface area contributed by atoms with Crippen molar-refractivity contribution in [3.8, 4) is 0 Å². The fraction of sp³-hybridized carbons (Fsp3) is 0.391. The standard InChI is InChI=1S/C23H27BrN2O4/c1-30-23(29)16-26(22(28)13-17-6-5-9-19(24)12-17)21(18-7-3-2-4-8-18)15-25-11-10-20(27)14-25/h2-9,12,20-21,27H,10-11,13-16H2,1H3. The number of likely N-dealkylation sites (tertiary alicyclic amines) is 1. The van der Waals surface area contributed by atoms with Crippen molar-refractivity contribution in [3.05, 3.63) is 70.2 Å². The lowest BCUT2D eigenvalue weighted by Crippen LogP contribution is -2.44. The second-order valence-corrected chi connectivity index (χ2v) is 8.45. The smallest absolute Gasteiger partial charge is 0.325 e. The number of rotatable bonds is 8. The van der Waals surface area contributed by atoms with Crippen molar-refractivity contribution in [1.29, 1.82) is 0 Å². The number of amides is 1. The van der Waals surface area contributed by atoms with Gasteiger partial charge in [-0.2, -0.15) is 0 Å². The molecule has 1 N–H and O–H groups in total. The van der Waals surface area contributed by atoms with Gasteiger partial charge in [0, 0.05) is 24.1 Å². The van der Waals surface area contributed by atoms with E-state index in [0.717, 1.165) is 22.1 Å². The molecule has 1 fully saturated rings. The second kappa shape index (κ2) is 10.7. The van der Waals surface area contributed by atoms with Crippen molar-refractivity contribution < 1.29 is 19.4 Å². The van der Waals surface area contributed by atoms with Gasteiger partial charge >= 0.3 is 5.97 Å². The zero-order valence-electron chi connectivity index (χ0n) is 17.0. The largest absolute Gasteiger partial charge is 0.468 e. The Balaban J connectivity index is 1.89. The molecule has 0 bridgehead atoms. The topological polar surface area (TPSA) is 70.1 Å². The number of carbonyl (C=O) groups excluding carboxylic acids is 2. The van der Waals surface area contributed by atoms with Crippen LogP contribution >= 0.6 is 15.9 Å². The highest BCUT2D eigenvalue weighted by molar-refractivity contribution is 9.10. The summed E-state index contributed by atoms with van der Waals surface area (Å²) in [6, 6.07) is 17.0. The summed E-state index contributed by atoms with van der Waals surface area (Å²) in [6.07, 6.45) is 0.542. The summed E-state index contributed by atoms with van der Waals surface area (Å²) < 4.78 is 5.78. The van der Waals surface area contributed by atoms with Gasteiger partial charge in [-0.25, -0.2) is 0 Å². The number of aliphatic hydroxyl groups excluding tert-OH is 1. The number of hydrogen-bond acceptors (Lipinski definition) is 5. The van der Waals surface area contributed by atoms with Crippen LogP contribution in [0.5, 0.6) is 0 Å². The summed E-state index contributed by atoms with van der Waals surface area (Å²) >= 11 is 3.44. The van der Waals surface area contributed by atoms with Gasteiger partial charge in [0.15, 0.2) is 0 Å². The highest BCUT2D eigenvalue weighted by atomic mass is 79.9. The third-order valence-corrected chi connectivity index (χ3v) is 5.82. The van der Waals surface area contributed by atoms with Gasteiger partial charge in [-0.15, -0.1) is 0 Å². The van der Waals surface area contributed by atoms with E-state index in [4.69, 9.17) is 4.74 Å². The molecule has 0 radical (unpaired) electrons. The predicted molar refractivity (Wildman–Crippen MR) is 118 cm³/mol. The van der Waals surface area contributed by atoms with Crippen LogP contribution < -0.4 is 0 Å². The lowest BCUT2D eigenvalue weighted by molar-refractivity contribution is -0.148. The van der Waals surface area contributed by atoms with E-state index >= 15 is 0 Å². The molecular formula is C23H27BrN2O4. The number of ether oxygens (including phenoxy) is 1. The molecule has 1 aliphatic rings. The van der Waals surface area contributed by atoms with E-state index in [2.05, 4.69) is 20.8 Å². The number of nitrogens with zero attached hydrogens (tertiary/aromatic N) is 2. The number of aliphatic hydroxyl groups is 1. The van der Waals surface area contributed by atoms with E-state index in [1.165, 1.54) is 7.11 Å².